The van der Waals surface area contributed by atoms with Gasteiger partial charge < -0.3 is 4.74 Å². The zero-order chi connectivity index (χ0) is 11.1. The van der Waals surface area contributed by atoms with E-state index in [0.717, 1.165) is 11.3 Å². The zero-order valence-electron chi connectivity index (χ0n) is 8.90. The fourth-order valence-electron chi connectivity index (χ4n) is 1.07. The minimum Gasteiger partial charge on any atom is -0.420 e. The summed E-state index contributed by atoms with van der Waals surface area (Å²) in [5.74, 6) is 0.601. The molecule has 0 saturated heterocycles. The highest BCUT2D eigenvalue weighted by Crippen LogP contribution is 2.20. The van der Waals surface area contributed by atoms with E-state index in [0.29, 0.717) is 5.09 Å². The second-order valence-corrected chi connectivity index (χ2v) is 4.17. The Morgan fingerprint density at radius 2 is 2.07 bits per heavy atom. The fraction of sp³-hybridized carbons (Fsp3) is 0.250. The highest BCUT2D eigenvalue weighted by Gasteiger charge is 2.01. The minimum absolute atomic E-state index is 0.280. The van der Waals surface area contributed by atoms with E-state index >= 15 is 0 Å². The standard InChI is InChI=1S/C12H14O2S/c1-3-15-12(14-10(2)13)9-11-7-5-4-6-8-11/h4-9H,3H2,1-2H3. The lowest BCUT2D eigenvalue weighted by molar-refractivity contribution is -0.135. The van der Waals surface area contributed by atoms with Crippen molar-refractivity contribution in [2.24, 2.45) is 0 Å². The van der Waals surface area contributed by atoms with Crippen LogP contribution in [0.25, 0.3) is 6.08 Å². The fourth-order valence-corrected chi connectivity index (χ4v) is 1.75. The van der Waals surface area contributed by atoms with Gasteiger partial charge in [-0.05, 0) is 17.4 Å². The predicted molar refractivity (Wildman–Crippen MR) is 64.3 cm³/mol. The second-order valence-electron chi connectivity index (χ2n) is 2.90. The molecular formula is C12H14O2S. The molecule has 0 unspecified atom stereocenters. The van der Waals surface area contributed by atoms with E-state index in [-0.39, 0.29) is 5.97 Å². The summed E-state index contributed by atoms with van der Waals surface area (Å²) in [5.41, 5.74) is 1.04. The Labute approximate surface area is 94.3 Å². The number of carbonyl (C=O) groups excluding carboxylic acids is 1. The molecule has 1 aromatic carbocycles. The van der Waals surface area contributed by atoms with Gasteiger partial charge in [-0.3, -0.25) is 4.79 Å². The van der Waals surface area contributed by atoms with Gasteiger partial charge in [0, 0.05) is 6.92 Å². The van der Waals surface area contributed by atoms with Crippen LogP contribution in [0.15, 0.2) is 35.4 Å². The molecule has 0 fully saturated rings. The number of thioether (sulfide) groups is 1. The molecule has 0 aliphatic heterocycles. The molecule has 1 rings (SSSR count). The number of rotatable bonds is 4. The summed E-state index contributed by atoms with van der Waals surface area (Å²) in [4.78, 5) is 10.8. The van der Waals surface area contributed by atoms with Crippen LogP contribution in [0.1, 0.15) is 19.4 Å². The zero-order valence-corrected chi connectivity index (χ0v) is 9.71. The SMILES string of the molecule is CCSC(=Cc1ccccc1)OC(C)=O. The molecule has 0 amide bonds. The summed E-state index contributed by atoms with van der Waals surface area (Å²) in [7, 11) is 0. The quantitative estimate of drug-likeness (QED) is 0.577. The lowest BCUT2D eigenvalue weighted by atomic mass is 10.2. The Morgan fingerprint density at radius 3 is 2.60 bits per heavy atom. The van der Waals surface area contributed by atoms with Gasteiger partial charge in [-0.25, -0.2) is 0 Å². The highest BCUT2D eigenvalue weighted by atomic mass is 32.2. The van der Waals surface area contributed by atoms with Crippen LogP contribution in [-0.4, -0.2) is 11.7 Å². The Bertz CT molecular complexity index is 344. The average molecular weight is 222 g/mol. The predicted octanol–water partition coefficient (Wildman–Crippen LogP) is 3.30. The van der Waals surface area contributed by atoms with Crippen LogP contribution < -0.4 is 0 Å². The first-order valence-electron chi connectivity index (χ1n) is 4.80. The molecule has 0 bridgehead atoms. The second kappa shape index (κ2) is 6.30. The van der Waals surface area contributed by atoms with E-state index in [1.807, 2.05) is 43.3 Å². The van der Waals surface area contributed by atoms with Crippen LogP contribution in [0.2, 0.25) is 0 Å². The molecule has 0 saturated carbocycles. The van der Waals surface area contributed by atoms with Crippen molar-refractivity contribution in [3.63, 3.8) is 0 Å². The van der Waals surface area contributed by atoms with Gasteiger partial charge in [-0.15, -0.1) is 0 Å². The summed E-state index contributed by atoms with van der Waals surface area (Å²) in [6.07, 6.45) is 1.87. The van der Waals surface area contributed by atoms with Crippen LogP contribution in [0.4, 0.5) is 0 Å². The van der Waals surface area contributed by atoms with Crippen molar-refractivity contribution in [1.82, 2.24) is 0 Å². The number of carbonyl (C=O) groups is 1. The molecule has 1 aromatic rings. The Hall–Kier alpha value is -1.22. The van der Waals surface area contributed by atoms with E-state index in [9.17, 15) is 4.79 Å². The van der Waals surface area contributed by atoms with E-state index in [4.69, 9.17) is 4.74 Å². The maximum absolute atomic E-state index is 10.8. The number of benzene rings is 1. The molecule has 0 radical (unpaired) electrons. The summed E-state index contributed by atoms with van der Waals surface area (Å²) in [5, 5.41) is 0.649. The Morgan fingerprint density at radius 1 is 1.40 bits per heavy atom. The van der Waals surface area contributed by atoms with Crippen molar-refractivity contribution in [1.29, 1.82) is 0 Å². The number of hydrogen-bond acceptors (Lipinski definition) is 3. The van der Waals surface area contributed by atoms with Crippen LogP contribution >= 0.6 is 11.8 Å². The van der Waals surface area contributed by atoms with Crippen molar-refractivity contribution < 1.29 is 9.53 Å². The van der Waals surface area contributed by atoms with Gasteiger partial charge in [0.15, 0.2) is 5.09 Å². The van der Waals surface area contributed by atoms with Crippen LogP contribution in [0.5, 0.6) is 0 Å². The summed E-state index contributed by atoms with van der Waals surface area (Å²) >= 11 is 1.52. The molecular weight excluding hydrogens is 208 g/mol. The monoisotopic (exact) mass is 222 g/mol. The summed E-state index contributed by atoms with van der Waals surface area (Å²) in [6.45, 7) is 3.43. The molecule has 0 spiro atoms. The van der Waals surface area contributed by atoms with Gasteiger partial charge >= 0.3 is 5.97 Å². The van der Waals surface area contributed by atoms with Gasteiger partial charge in [-0.2, -0.15) is 0 Å². The molecule has 2 nitrogen and oxygen atoms in total. The van der Waals surface area contributed by atoms with Crippen LogP contribution in [0.3, 0.4) is 0 Å². The largest absolute Gasteiger partial charge is 0.420 e. The van der Waals surface area contributed by atoms with Crippen molar-refractivity contribution in [2.45, 2.75) is 13.8 Å². The summed E-state index contributed by atoms with van der Waals surface area (Å²) < 4.78 is 5.08. The Kier molecular flexibility index (Phi) is 4.98. The topological polar surface area (TPSA) is 26.3 Å². The smallest absolute Gasteiger partial charge is 0.308 e. The average Bonchev–Trinajstić information content (AvgIpc) is 2.18. The molecule has 0 aliphatic carbocycles. The molecule has 15 heavy (non-hydrogen) atoms. The maximum Gasteiger partial charge on any atom is 0.308 e. The molecule has 80 valence electrons. The van der Waals surface area contributed by atoms with E-state index in [1.165, 1.54) is 18.7 Å². The molecule has 0 atom stereocenters. The van der Waals surface area contributed by atoms with E-state index < -0.39 is 0 Å². The molecule has 0 aromatic heterocycles. The van der Waals surface area contributed by atoms with Crippen molar-refractivity contribution in [2.75, 3.05) is 5.75 Å². The first-order chi connectivity index (χ1) is 7.22. The number of hydrogen-bond donors (Lipinski definition) is 0. The number of esters is 1. The van der Waals surface area contributed by atoms with Gasteiger partial charge in [0.25, 0.3) is 0 Å². The van der Waals surface area contributed by atoms with Crippen LogP contribution in [0, 0.1) is 0 Å². The van der Waals surface area contributed by atoms with Gasteiger partial charge in [0.2, 0.25) is 0 Å². The first kappa shape index (κ1) is 11.9. The molecule has 3 heteroatoms. The van der Waals surface area contributed by atoms with Gasteiger partial charge in [-0.1, -0.05) is 49.0 Å². The number of ether oxygens (including phenoxy) is 1. The van der Waals surface area contributed by atoms with Gasteiger partial charge in [0.1, 0.15) is 0 Å². The van der Waals surface area contributed by atoms with E-state index in [2.05, 4.69) is 0 Å². The third kappa shape index (κ3) is 4.70. The summed E-state index contributed by atoms with van der Waals surface area (Å²) in [6, 6.07) is 9.80. The normalized spacial score (nSPS) is 11.2. The third-order valence-electron chi connectivity index (χ3n) is 1.62. The highest BCUT2D eigenvalue weighted by molar-refractivity contribution is 8.03. The van der Waals surface area contributed by atoms with Gasteiger partial charge in [0.05, 0.1) is 0 Å². The molecule has 0 N–H and O–H groups in total. The van der Waals surface area contributed by atoms with Crippen molar-refractivity contribution in [3.8, 4) is 0 Å². The minimum atomic E-state index is -0.280. The third-order valence-corrected chi connectivity index (χ3v) is 2.39. The molecule has 0 heterocycles. The van der Waals surface area contributed by atoms with E-state index in [1.54, 1.807) is 0 Å². The molecule has 0 aliphatic rings. The lowest BCUT2D eigenvalue weighted by Gasteiger charge is -2.04. The van der Waals surface area contributed by atoms with Crippen molar-refractivity contribution >= 4 is 23.8 Å². The lowest BCUT2D eigenvalue weighted by Crippen LogP contribution is -1.96. The maximum atomic E-state index is 10.8. The van der Waals surface area contributed by atoms with Crippen molar-refractivity contribution in [3.05, 3.63) is 41.0 Å². The van der Waals surface area contributed by atoms with Crippen LogP contribution in [-0.2, 0) is 9.53 Å². The Balaban J connectivity index is 2.78. The first-order valence-corrected chi connectivity index (χ1v) is 5.79.